The Morgan fingerprint density at radius 3 is 2.21 bits per heavy atom. The summed E-state index contributed by atoms with van der Waals surface area (Å²) in [7, 11) is 3.30. The number of aliphatic imine (C=N–C) groups is 1. The zero-order valence-electron chi connectivity index (χ0n) is 19.8. The second-order valence-corrected chi connectivity index (χ2v) is 6.87. The Balaban J connectivity index is 0.00000544. The highest BCUT2D eigenvalue weighted by atomic mass is 127. The molecular weight excluding hydrogens is 535 g/mol. The van der Waals surface area contributed by atoms with Gasteiger partial charge in [-0.05, 0) is 55.7 Å². The van der Waals surface area contributed by atoms with Crippen LogP contribution >= 0.6 is 24.0 Å². The third-order valence-electron chi connectivity index (χ3n) is 4.60. The first-order valence-corrected chi connectivity index (χ1v) is 10.8. The molecule has 182 valence electrons. The van der Waals surface area contributed by atoms with E-state index in [1.54, 1.807) is 14.2 Å². The number of benzene rings is 2. The highest BCUT2D eigenvalue weighted by molar-refractivity contribution is 14.0. The lowest BCUT2D eigenvalue weighted by Gasteiger charge is -2.14. The van der Waals surface area contributed by atoms with Gasteiger partial charge in [-0.25, -0.2) is 0 Å². The molecule has 0 saturated carbocycles. The molecule has 0 bridgehead atoms. The molecule has 2 aromatic rings. The van der Waals surface area contributed by atoms with Crippen molar-refractivity contribution in [2.45, 2.75) is 26.8 Å². The first-order valence-electron chi connectivity index (χ1n) is 10.8. The summed E-state index contributed by atoms with van der Waals surface area (Å²) in [5, 5.41) is 9.13. The summed E-state index contributed by atoms with van der Waals surface area (Å²) in [5.41, 5.74) is 2.13. The normalized spacial score (nSPS) is 10.6. The van der Waals surface area contributed by atoms with Crippen LogP contribution in [0, 0.1) is 0 Å². The molecule has 9 heteroatoms. The summed E-state index contributed by atoms with van der Waals surface area (Å²) in [4.78, 5) is 16.3. The average Bonchev–Trinajstić information content (AvgIpc) is 2.82. The van der Waals surface area contributed by atoms with Crippen LogP contribution < -0.4 is 30.2 Å². The number of carbonyl (C=O) groups excluding carboxylic acids is 1. The van der Waals surface area contributed by atoms with Crippen molar-refractivity contribution in [2.24, 2.45) is 4.99 Å². The molecule has 0 spiro atoms. The molecule has 0 atom stereocenters. The molecule has 2 aromatic carbocycles. The number of guanidine groups is 1. The zero-order chi connectivity index (χ0) is 23.2. The van der Waals surface area contributed by atoms with Crippen molar-refractivity contribution in [3.63, 3.8) is 0 Å². The Labute approximate surface area is 213 Å². The Bertz CT molecular complexity index is 875. The largest absolute Gasteiger partial charge is 0.497 e. The van der Waals surface area contributed by atoms with Crippen LogP contribution in [0.1, 0.15) is 25.0 Å². The highest BCUT2D eigenvalue weighted by Crippen LogP contribution is 2.28. The molecule has 0 heterocycles. The number of rotatable bonds is 12. The third-order valence-corrected chi connectivity index (χ3v) is 4.60. The molecule has 0 unspecified atom stereocenters. The van der Waals surface area contributed by atoms with Crippen LogP contribution in [0.15, 0.2) is 47.5 Å². The fraction of sp³-hybridized carbons (Fsp3) is 0.417. The van der Waals surface area contributed by atoms with Crippen molar-refractivity contribution in [1.82, 2.24) is 16.0 Å². The minimum Gasteiger partial charge on any atom is -0.497 e. The van der Waals surface area contributed by atoms with Crippen LogP contribution in [-0.4, -0.2) is 52.3 Å². The van der Waals surface area contributed by atoms with Gasteiger partial charge in [-0.2, -0.15) is 0 Å². The van der Waals surface area contributed by atoms with E-state index in [0.717, 1.165) is 34.8 Å². The van der Waals surface area contributed by atoms with Crippen molar-refractivity contribution >= 4 is 35.8 Å². The van der Waals surface area contributed by atoms with E-state index in [9.17, 15) is 4.79 Å². The van der Waals surface area contributed by atoms with Gasteiger partial charge in [0.2, 0.25) is 5.91 Å². The van der Waals surface area contributed by atoms with Gasteiger partial charge in [-0.3, -0.25) is 9.79 Å². The van der Waals surface area contributed by atoms with Gasteiger partial charge in [0.05, 0.1) is 26.9 Å². The number of carbonyl (C=O) groups is 1. The maximum atomic E-state index is 12.1. The maximum Gasteiger partial charge on any atom is 0.239 e. The van der Waals surface area contributed by atoms with Crippen LogP contribution in [0.25, 0.3) is 0 Å². The Kier molecular flexibility index (Phi) is 13.7. The number of hydrogen-bond acceptors (Lipinski definition) is 5. The van der Waals surface area contributed by atoms with Gasteiger partial charge in [-0.1, -0.05) is 18.2 Å². The second-order valence-electron chi connectivity index (χ2n) is 6.87. The lowest BCUT2D eigenvalue weighted by atomic mass is 10.1. The molecular formula is C24H35IN4O4. The van der Waals surface area contributed by atoms with Crippen LogP contribution in [0.3, 0.4) is 0 Å². The van der Waals surface area contributed by atoms with E-state index in [0.29, 0.717) is 32.3 Å². The minimum atomic E-state index is -0.114. The highest BCUT2D eigenvalue weighted by Gasteiger charge is 2.07. The molecule has 2 rings (SSSR count). The monoisotopic (exact) mass is 570 g/mol. The summed E-state index contributed by atoms with van der Waals surface area (Å²) >= 11 is 0. The molecule has 0 radical (unpaired) electrons. The number of methoxy groups -OCH3 is 1. The molecule has 33 heavy (non-hydrogen) atoms. The smallest absolute Gasteiger partial charge is 0.239 e. The number of nitrogens with one attached hydrogen (secondary N) is 3. The number of hydrogen-bond donors (Lipinski definition) is 3. The first kappa shape index (κ1) is 28.3. The lowest BCUT2D eigenvalue weighted by Crippen LogP contribution is -2.43. The maximum absolute atomic E-state index is 12.1. The molecule has 0 saturated heterocycles. The van der Waals surface area contributed by atoms with Crippen LogP contribution in [-0.2, 0) is 17.8 Å². The fourth-order valence-corrected chi connectivity index (χ4v) is 2.97. The van der Waals surface area contributed by atoms with E-state index >= 15 is 0 Å². The van der Waals surface area contributed by atoms with Crippen LogP contribution in [0.5, 0.6) is 17.2 Å². The molecule has 0 aliphatic carbocycles. The van der Waals surface area contributed by atoms with Gasteiger partial charge in [0.1, 0.15) is 5.75 Å². The fourth-order valence-electron chi connectivity index (χ4n) is 2.97. The first-order chi connectivity index (χ1) is 15.6. The van der Waals surface area contributed by atoms with Crippen LogP contribution in [0.4, 0.5) is 0 Å². The van der Waals surface area contributed by atoms with E-state index < -0.39 is 0 Å². The molecule has 0 aliphatic rings. The predicted molar refractivity (Wildman–Crippen MR) is 142 cm³/mol. The summed E-state index contributed by atoms with van der Waals surface area (Å²) in [5.74, 6) is 2.75. The molecule has 3 N–H and O–H groups in total. The topological polar surface area (TPSA) is 93.2 Å². The van der Waals surface area contributed by atoms with Crippen LogP contribution in [0.2, 0.25) is 0 Å². The number of halogens is 1. The van der Waals surface area contributed by atoms with Crippen molar-refractivity contribution in [3.05, 3.63) is 53.6 Å². The van der Waals surface area contributed by atoms with E-state index in [-0.39, 0.29) is 36.4 Å². The Morgan fingerprint density at radius 1 is 0.909 bits per heavy atom. The van der Waals surface area contributed by atoms with Gasteiger partial charge in [-0.15, -0.1) is 24.0 Å². The second kappa shape index (κ2) is 16.0. The van der Waals surface area contributed by atoms with Crippen molar-refractivity contribution < 1.29 is 19.0 Å². The van der Waals surface area contributed by atoms with Gasteiger partial charge >= 0.3 is 0 Å². The molecule has 1 amide bonds. The number of nitrogens with zero attached hydrogens (tertiary/aromatic N) is 1. The third kappa shape index (κ3) is 10.2. The molecule has 8 nitrogen and oxygen atoms in total. The van der Waals surface area contributed by atoms with E-state index in [2.05, 4.69) is 20.9 Å². The lowest BCUT2D eigenvalue weighted by molar-refractivity contribution is -0.120. The van der Waals surface area contributed by atoms with E-state index in [1.165, 1.54) is 0 Å². The Hall–Kier alpha value is -2.69. The summed E-state index contributed by atoms with van der Waals surface area (Å²) < 4.78 is 16.4. The Morgan fingerprint density at radius 2 is 1.58 bits per heavy atom. The molecule has 0 aliphatic heterocycles. The van der Waals surface area contributed by atoms with Crippen molar-refractivity contribution in [1.29, 1.82) is 0 Å². The van der Waals surface area contributed by atoms with Gasteiger partial charge in [0, 0.05) is 20.1 Å². The van der Waals surface area contributed by atoms with Gasteiger partial charge in [0.15, 0.2) is 17.5 Å². The quantitative estimate of drug-likeness (QED) is 0.206. The average molecular weight is 570 g/mol. The number of amides is 1. The molecule has 0 fully saturated rings. The zero-order valence-corrected chi connectivity index (χ0v) is 22.1. The number of ether oxygens (including phenoxy) is 3. The molecule has 0 aromatic heterocycles. The van der Waals surface area contributed by atoms with Crippen molar-refractivity contribution in [3.8, 4) is 17.2 Å². The minimum absolute atomic E-state index is 0. The predicted octanol–water partition coefficient (Wildman–Crippen LogP) is 3.13. The summed E-state index contributed by atoms with van der Waals surface area (Å²) in [6.45, 7) is 6.32. The van der Waals surface area contributed by atoms with Gasteiger partial charge < -0.3 is 30.2 Å². The van der Waals surface area contributed by atoms with Gasteiger partial charge in [0.25, 0.3) is 0 Å². The summed E-state index contributed by atoms with van der Waals surface area (Å²) in [6.07, 6.45) is 0.775. The standard InChI is InChI=1S/C24H34N4O4.HI/c1-5-31-21-12-9-18(15-22(21)32-6-2)13-14-26-24(25-3)28-17-23(29)27-16-19-7-10-20(30-4)11-8-19;/h7-12,15H,5-6,13-14,16-17H2,1-4H3,(H,27,29)(H2,25,26,28);1H. The SMILES string of the molecule is CCOc1ccc(CCNC(=NC)NCC(=O)NCc2ccc(OC)cc2)cc1OCC.I. The van der Waals surface area contributed by atoms with E-state index in [4.69, 9.17) is 14.2 Å². The van der Waals surface area contributed by atoms with Crippen molar-refractivity contribution in [2.75, 3.05) is 40.5 Å². The van der Waals surface area contributed by atoms with E-state index in [1.807, 2.05) is 56.3 Å². The summed E-state index contributed by atoms with van der Waals surface area (Å²) in [6, 6.07) is 13.5.